The summed E-state index contributed by atoms with van der Waals surface area (Å²) in [5, 5.41) is 13.3. The molecule has 15 heavy (non-hydrogen) atoms. The third-order valence-corrected chi connectivity index (χ3v) is 3.22. The molecule has 0 aromatic heterocycles. The third-order valence-electron chi connectivity index (χ3n) is 3.22. The third kappa shape index (κ3) is 2.36. The van der Waals surface area contributed by atoms with E-state index in [2.05, 4.69) is 11.8 Å². The maximum absolute atomic E-state index is 11.7. The van der Waals surface area contributed by atoms with Gasteiger partial charge in [-0.2, -0.15) is 0 Å². The Kier molecular flexibility index (Phi) is 3.83. The summed E-state index contributed by atoms with van der Waals surface area (Å²) in [6.07, 6.45) is -0.608. The zero-order valence-electron chi connectivity index (χ0n) is 10.1. The van der Waals surface area contributed by atoms with Gasteiger partial charge in [-0.1, -0.05) is 0 Å². The molecule has 0 amide bonds. The summed E-state index contributed by atoms with van der Waals surface area (Å²) in [5.41, 5.74) is 0. The van der Waals surface area contributed by atoms with Crippen molar-refractivity contribution >= 4 is 5.78 Å². The van der Waals surface area contributed by atoms with Gasteiger partial charge in [0.15, 0.2) is 5.78 Å². The van der Waals surface area contributed by atoms with E-state index in [4.69, 9.17) is 0 Å². The number of Topliss-reactive ketones (excluding diaryl/α,β-unsaturated/α-hetero) is 1. The highest BCUT2D eigenvalue weighted by Crippen LogP contribution is 2.18. The average Bonchev–Trinajstić information content (AvgIpc) is 2.43. The molecule has 1 saturated heterocycles. The molecule has 3 atom stereocenters. The zero-order valence-corrected chi connectivity index (χ0v) is 10.1. The summed E-state index contributed by atoms with van der Waals surface area (Å²) in [4.78, 5) is 13.8. The molecule has 5 heteroatoms. The van der Waals surface area contributed by atoms with Gasteiger partial charge < -0.3 is 5.11 Å². The maximum Gasteiger partial charge on any atom is 0.179 e. The molecule has 1 fully saturated rings. The van der Waals surface area contributed by atoms with Crippen LogP contribution in [0.1, 0.15) is 20.8 Å². The Labute approximate surface area is 91.2 Å². The van der Waals surface area contributed by atoms with Gasteiger partial charge in [0.1, 0.15) is 6.10 Å². The van der Waals surface area contributed by atoms with E-state index < -0.39 is 6.10 Å². The highest BCUT2D eigenvalue weighted by atomic mass is 16.3. The lowest BCUT2D eigenvalue weighted by Gasteiger charge is -2.30. The Morgan fingerprint density at radius 1 is 1.40 bits per heavy atom. The quantitative estimate of drug-likeness (QED) is 0.702. The van der Waals surface area contributed by atoms with Gasteiger partial charge in [-0.05, 0) is 27.8 Å². The van der Waals surface area contributed by atoms with E-state index >= 15 is 0 Å². The number of hydrazine groups is 1. The van der Waals surface area contributed by atoms with E-state index in [1.54, 1.807) is 0 Å². The normalized spacial score (nSPS) is 29.3. The van der Waals surface area contributed by atoms with E-state index in [0.717, 1.165) is 6.67 Å². The van der Waals surface area contributed by atoms with Crippen LogP contribution < -0.4 is 0 Å². The van der Waals surface area contributed by atoms with E-state index in [1.807, 2.05) is 31.0 Å². The number of hydrogen-bond donors (Lipinski definition) is 1. The first-order chi connectivity index (χ1) is 6.86. The number of carbonyl (C=O) groups is 1. The van der Waals surface area contributed by atoms with Crippen LogP contribution in [0.25, 0.3) is 0 Å². The SMILES string of the molecule is CC(O)C(=O)C(C)N1CN(C)C(C)N1C. The van der Waals surface area contributed by atoms with Crippen molar-refractivity contribution < 1.29 is 9.90 Å². The zero-order chi connectivity index (χ0) is 11.7. The van der Waals surface area contributed by atoms with Gasteiger partial charge in [0, 0.05) is 7.05 Å². The Hall–Kier alpha value is -0.490. The molecule has 0 aliphatic carbocycles. The van der Waals surface area contributed by atoms with Crippen molar-refractivity contribution in [1.29, 1.82) is 0 Å². The summed E-state index contributed by atoms with van der Waals surface area (Å²) < 4.78 is 0. The van der Waals surface area contributed by atoms with Gasteiger partial charge >= 0.3 is 0 Å². The van der Waals surface area contributed by atoms with E-state index in [1.165, 1.54) is 6.92 Å². The molecule has 3 unspecified atom stereocenters. The van der Waals surface area contributed by atoms with E-state index in [0.29, 0.717) is 0 Å². The Balaban J connectivity index is 2.69. The van der Waals surface area contributed by atoms with Crippen LogP contribution in [0.4, 0.5) is 0 Å². The average molecular weight is 215 g/mol. The van der Waals surface area contributed by atoms with Crippen LogP contribution in [0.5, 0.6) is 0 Å². The van der Waals surface area contributed by atoms with Gasteiger partial charge in [0.25, 0.3) is 0 Å². The fourth-order valence-electron chi connectivity index (χ4n) is 1.84. The summed E-state index contributed by atoms with van der Waals surface area (Å²) >= 11 is 0. The minimum Gasteiger partial charge on any atom is -0.386 e. The van der Waals surface area contributed by atoms with Crippen molar-refractivity contribution in [2.45, 2.75) is 39.1 Å². The molecule has 1 rings (SSSR count). The second kappa shape index (κ2) is 4.57. The molecule has 88 valence electrons. The van der Waals surface area contributed by atoms with Crippen LogP contribution in [-0.2, 0) is 4.79 Å². The number of rotatable bonds is 3. The molecule has 0 saturated carbocycles. The number of carbonyl (C=O) groups excluding carboxylic acids is 1. The van der Waals surface area contributed by atoms with E-state index in [9.17, 15) is 9.90 Å². The van der Waals surface area contributed by atoms with Crippen molar-refractivity contribution in [2.24, 2.45) is 0 Å². The molecule has 0 aromatic rings. The Morgan fingerprint density at radius 3 is 2.27 bits per heavy atom. The molecule has 1 heterocycles. The predicted molar refractivity (Wildman–Crippen MR) is 57.8 cm³/mol. The number of ketones is 1. The Morgan fingerprint density at radius 2 is 1.93 bits per heavy atom. The van der Waals surface area contributed by atoms with Crippen LogP contribution in [0, 0.1) is 0 Å². The van der Waals surface area contributed by atoms with Crippen LogP contribution in [0.3, 0.4) is 0 Å². The highest BCUT2D eigenvalue weighted by molar-refractivity contribution is 5.87. The standard InChI is InChI=1S/C10H21N3O2/c1-7(10(15)8(2)14)13-6-11(4)9(3)12(13)5/h7-9,14H,6H2,1-5H3. The van der Waals surface area contributed by atoms with Crippen molar-refractivity contribution in [3.8, 4) is 0 Å². The number of aliphatic hydroxyl groups is 1. The smallest absolute Gasteiger partial charge is 0.179 e. The van der Waals surface area contributed by atoms with Crippen LogP contribution in [-0.4, -0.2) is 64.9 Å². The van der Waals surface area contributed by atoms with Gasteiger partial charge in [-0.25, -0.2) is 10.0 Å². The van der Waals surface area contributed by atoms with Crippen molar-refractivity contribution in [3.05, 3.63) is 0 Å². The predicted octanol–water partition coefficient (Wildman–Crippen LogP) is -0.277. The molecule has 0 spiro atoms. The van der Waals surface area contributed by atoms with Gasteiger partial charge in [-0.3, -0.25) is 9.69 Å². The molecule has 1 aliphatic heterocycles. The number of nitrogens with zero attached hydrogens (tertiary/aromatic N) is 3. The minimum absolute atomic E-state index is 0.135. The lowest BCUT2D eigenvalue weighted by molar-refractivity contribution is -0.136. The van der Waals surface area contributed by atoms with Gasteiger partial charge in [0.05, 0.1) is 18.9 Å². The maximum atomic E-state index is 11.7. The van der Waals surface area contributed by atoms with Gasteiger partial charge in [0.2, 0.25) is 0 Å². The second-order valence-electron chi connectivity index (χ2n) is 4.30. The molecule has 0 radical (unpaired) electrons. The number of aliphatic hydroxyl groups excluding tert-OH is 1. The first-order valence-electron chi connectivity index (χ1n) is 5.27. The molecule has 0 bridgehead atoms. The van der Waals surface area contributed by atoms with Crippen molar-refractivity contribution in [2.75, 3.05) is 20.8 Å². The van der Waals surface area contributed by atoms with Crippen LogP contribution in [0.2, 0.25) is 0 Å². The largest absolute Gasteiger partial charge is 0.386 e. The molecule has 1 aliphatic rings. The highest BCUT2D eigenvalue weighted by Gasteiger charge is 2.36. The fourth-order valence-corrected chi connectivity index (χ4v) is 1.84. The minimum atomic E-state index is -0.894. The fraction of sp³-hybridized carbons (Fsp3) is 0.900. The number of hydrogen-bond acceptors (Lipinski definition) is 5. The molecular weight excluding hydrogens is 194 g/mol. The summed E-state index contributed by atoms with van der Waals surface area (Å²) in [6, 6.07) is -0.276. The topological polar surface area (TPSA) is 47.0 Å². The summed E-state index contributed by atoms with van der Waals surface area (Å²) in [7, 11) is 3.97. The van der Waals surface area contributed by atoms with Crippen LogP contribution >= 0.6 is 0 Å². The molecular formula is C10H21N3O2. The molecule has 1 N–H and O–H groups in total. The second-order valence-corrected chi connectivity index (χ2v) is 4.30. The monoisotopic (exact) mass is 215 g/mol. The van der Waals surface area contributed by atoms with Crippen molar-refractivity contribution in [1.82, 2.24) is 14.9 Å². The van der Waals surface area contributed by atoms with Crippen molar-refractivity contribution in [3.63, 3.8) is 0 Å². The van der Waals surface area contributed by atoms with Crippen LogP contribution in [0.15, 0.2) is 0 Å². The lowest BCUT2D eigenvalue weighted by Crippen LogP contribution is -2.48. The Bertz CT molecular complexity index is 245. The lowest BCUT2D eigenvalue weighted by atomic mass is 10.1. The van der Waals surface area contributed by atoms with E-state index in [-0.39, 0.29) is 18.0 Å². The molecule has 0 aromatic carbocycles. The first kappa shape index (κ1) is 12.6. The summed E-state index contributed by atoms with van der Waals surface area (Å²) in [5.74, 6) is -0.135. The van der Waals surface area contributed by atoms with Gasteiger partial charge in [-0.15, -0.1) is 0 Å². The summed E-state index contributed by atoms with van der Waals surface area (Å²) in [6.45, 7) is 6.15. The first-order valence-corrected chi connectivity index (χ1v) is 5.27. The molecule has 5 nitrogen and oxygen atoms in total.